The quantitative estimate of drug-likeness (QED) is 0.0624. The van der Waals surface area contributed by atoms with Crippen LogP contribution in [0.25, 0.3) is 0 Å². The van der Waals surface area contributed by atoms with Crippen molar-refractivity contribution in [3.63, 3.8) is 0 Å². The number of carbonyl (C=O) groups excluding carboxylic acids is 4. The van der Waals surface area contributed by atoms with Gasteiger partial charge in [0.15, 0.2) is 0 Å². The molecule has 0 saturated carbocycles. The standard InChI is InChI=1S/C30H55N5O11.C2H6/c1-29(2,8-9-30(3,4)19-27(40)41)18-25(38)34-22(28(42)43)6-7-24(37)32-10-12-35(5)13-15-45-21-26(39)33-11-14-44-16-17-46-20-23(31)36;1-2/h22H,6-21H2,1-5H3,(H2,31,36)(H,32,37)(H,33,39)(H,34,38)(H,40,41)(H,42,43);1-2H3. The van der Waals surface area contributed by atoms with Crippen LogP contribution >= 0.6 is 0 Å². The Labute approximate surface area is 285 Å². The predicted octanol–water partition coefficient (Wildman–Crippen LogP) is 0.759. The van der Waals surface area contributed by atoms with E-state index in [2.05, 4.69) is 16.0 Å². The summed E-state index contributed by atoms with van der Waals surface area (Å²) in [6.07, 6.45) is 1.12. The number of aliphatic carboxylic acids is 2. The second-order valence-corrected chi connectivity index (χ2v) is 12.8. The first-order valence-electron chi connectivity index (χ1n) is 16.4. The summed E-state index contributed by atoms with van der Waals surface area (Å²) >= 11 is 0. The van der Waals surface area contributed by atoms with Crippen LogP contribution in [0.4, 0.5) is 0 Å². The maximum atomic E-state index is 12.6. The molecule has 0 aromatic carbocycles. The zero-order valence-corrected chi connectivity index (χ0v) is 30.0. The van der Waals surface area contributed by atoms with Crippen LogP contribution in [0.5, 0.6) is 0 Å². The van der Waals surface area contributed by atoms with Gasteiger partial charge >= 0.3 is 11.9 Å². The molecule has 0 aromatic rings. The number of primary amides is 1. The number of nitrogens with two attached hydrogens (primary N) is 1. The molecule has 0 aliphatic rings. The molecule has 0 spiro atoms. The van der Waals surface area contributed by atoms with E-state index in [4.69, 9.17) is 25.1 Å². The third-order valence-corrected chi connectivity index (χ3v) is 6.89. The van der Waals surface area contributed by atoms with Crippen LogP contribution in [0.2, 0.25) is 0 Å². The number of carboxylic acid groups (broad SMARTS) is 2. The normalized spacial score (nSPS) is 12.0. The van der Waals surface area contributed by atoms with E-state index in [1.54, 1.807) is 0 Å². The number of ether oxygens (including phenoxy) is 3. The molecule has 0 saturated heterocycles. The summed E-state index contributed by atoms with van der Waals surface area (Å²) < 4.78 is 15.5. The maximum Gasteiger partial charge on any atom is 0.326 e. The number of hydrogen-bond donors (Lipinski definition) is 6. The number of hydrogen-bond acceptors (Lipinski definition) is 10. The van der Waals surface area contributed by atoms with Crippen molar-refractivity contribution in [2.45, 2.75) is 86.1 Å². The topological polar surface area (TPSA) is 236 Å². The first kappa shape index (κ1) is 46.8. The highest BCUT2D eigenvalue weighted by Crippen LogP contribution is 2.35. The van der Waals surface area contributed by atoms with Crippen LogP contribution in [-0.4, -0.2) is 130 Å². The third kappa shape index (κ3) is 28.8. The highest BCUT2D eigenvalue weighted by Gasteiger charge is 2.30. The zero-order chi connectivity index (χ0) is 37.2. The van der Waals surface area contributed by atoms with Crippen LogP contribution in [0, 0.1) is 10.8 Å². The van der Waals surface area contributed by atoms with E-state index < -0.39 is 40.6 Å². The minimum Gasteiger partial charge on any atom is -0.481 e. The lowest BCUT2D eigenvalue weighted by Crippen LogP contribution is -2.43. The van der Waals surface area contributed by atoms with Crippen molar-refractivity contribution in [1.29, 1.82) is 0 Å². The second-order valence-electron chi connectivity index (χ2n) is 12.8. The Balaban J connectivity index is 0. The molecule has 280 valence electrons. The van der Waals surface area contributed by atoms with Gasteiger partial charge in [0.1, 0.15) is 19.3 Å². The SMILES string of the molecule is CC.CN(CCNC(=O)CCC(NC(=O)CC(C)(C)CCC(C)(C)CC(=O)O)C(=O)O)CCOCC(=O)NCCOCCOCC(N)=O. The molecular weight excluding hydrogens is 630 g/mol. The van der Waals surface area contributed by atoms with Crippen molar-refractivity contribution in [1.82, 2.24) is 20.9 Å². The first-order valence-corrected chi connectivity index (χ1v) is 16.4. The fraction of sp³-hybridized carbons (Fsp3) is 0.812. The summed E-state index contributed by atoms with van der Waals surface area (Å²) in [4.78, 5) is 71.9. The third-order valence-electron chi connectivity index (χ3n) is 6.89. The molecule has 16 heteroatoms. The summed E-state index contributed by atoms with van der Waals surface area (Å²) in [5, 5.41) is 26.5. The number of nitrogens with zero attached hydrogens (tertiary/aromatic N) is 1. The van der Waals surface area contributed by atoms with Gasteiger partial charge in [-0.1, -0.05) is 41.5 Å². The molecule has 1 unspecified atom stereocenters. The van der Waals surface area contributed by atoms with E-state index in [0.717, 1.165) is 0 Å². The Morgan fingerprint density at radius 2 is 1.29 bits per heavy atom. The Morgan fingerprint density at radius 3 is 1.88 bits per heavy atom. The maximum absolute atomic E-state index is 12.6. The van der Waals surface area contributed by atoms with Crippen LogP contribution in [-0.2, 0) is 43.0 Å². The van der Waals surface area contributed by atoms with Gasteiger partial charge in [0.25, 0.3) is 0 Å². The molecule has 4 amide bonds. The fourth-order valence-electron chi connectivity index (χ4n) is 4.15. The average Bonchev–Trinajstić information content (AvgIpc) is 2.97. The predicted molar refractivity (Wildman–Crippen MR) is 179 cm³/mol. The Hall–Kier alpha value is -3.34. The van der Waals surface area contributed by atoms with Crippen molar-refractivity contribution in [2.75, 3.05) is 72.9 Å². The minimum absolute atomic E-state index is 0.0167. The number of amides is 4. The van der Waals surface area contributed by atoms with Crippen LogP contribution in [0.15, 0.2) is 0 Å². The highest BCUT2D eigenvalue weighted by atomic mass is 16.5. The average molecular weight is 692 g/mol. The molecule has 0 aromatic heterocycles. The Morgan fingerprint density at radius 1 is 0.729 bits per heavy atom. The molecule has 0 aliphatic carbocycles. The minimum atomic E-state index is -1.23. The van der Waals surface area contributed by atoms with Gasteiger partial charge in [-0.05, 0) is 37.1 Å². The molecule has 0 aliphatic heterocycles. The smallest absolute Gasteiger partial charge is 0.326 e. The number of carboxylic acids is 2. The Kier molecular flexibility index (Phi) is 25.9. The number of carbonyl (C=O) groups is 6. The highest BCUT2D eigenvalue weighted by molar-refractivity contribution is 5.84. The van der Waals surface area contributed by atoms with E-state index in [-0.39, 0.29) is 70.5 Å². The van der Waals surface area contributed by atoms with E-state index in [1.807, 2.05) is 53.5 Å². The van der Waals surface area contributed by atoms with Crippen LogP contribution in [0.1, 0.15) is 80.1 Å². The largest absolute Gasteiger partial charge is 0.481 e. The summed E-state index contributed by atoms with van der Waals surface area (Å²) in [5.41, 5.74) is 4.05. The molecule has 0 bridgehead atoms. The molecule has 0 radical (unpaired) electrons. The second kappa shape index (κ2) is 26.6. The molecule has 48 heavy (non-hydrogen) atoms. The van der Waals surface area contributed by atoms with Gasteiger partial charge < -0.3 is 51.0 Å². The first-order chi connectivity index (χ1) is 22.4. The van der Waals surface area contributed by atoms with Crippen molar-refractivity contribution in [3.8, 4) is 0 Å². The zero-order valence-electron chi connectivity index (χ0n) is 30.0. The van der Waals surface area contributed by atoms with E-state index in [9.17, 15) is 33.9 Å². The van der Waals surface area contributed by atoms with E-state index in [0.29, 0.717) is 45.6 Å². The summed E-state index contributed by atoms with van der Waals surface area (Å²) in [5.74, 6) is -3.74. The van der Waals surface area contributed by atoms with Crippen LogP contribution in [0.3, 0.4) is 0 Å². The molecule has 1 atom stereocenters. The van der Waals surface area contributed by atoms with Gasteiger partial charge in [-0.3, -0.25) is 24.0 Å². The lowest BCUT2D eigenvalue weighted by Gasteiger charge is -2.30. The molecule has 0 rings (SSSR count). The van der Waals surface area contributed by atoms with Crippen LogP contribution < -0.4 is 21.7 Å². The summed E-state index contributed by atoms with van der Waals surface area (Å²) in [6.45, 7) is 13.9. The van der Waals surface area contributed by atoms with Crippen molar-refractivity contribution in [3.05, 3.63) is 0 Å². The summed E-state index contributed by atoms with van der Waals surface area (Å²) in [7, 11) is 1.82. The van der Waals surface area contributed by atoms with Gasteiger partial charge in [-0.2, -0.15) is 0 Å². The Bertz CT molecular complexity index is 976. The number of rotatable bonds is 28. The van der Waals surface area contributed by atoms with Gasteiger partial charge in [0, 0.05) is 39.0 Å². The lowest BCUT2D eigenvalue weighted by atomic mass is 9.76. The lowest BCUT2D eigenvalue weighted by molar-refractivity contribution is -0.142. The summed E-state index contributed by atoms with van der Waals surface area (Å²) in [6, 6.07) is -1.21. The molecule has 7 N–H and O–H groups in total. The van der Waals surface area contributed by atoms with Gasteiger partial charge in [-0.15, -0.1) is 0 Å². The molecule has 0 fully saturated rings. The van der Waals surface area contributed by atoms with E-state index >= 15 is 0 Å². The monoisotopic (exact) mass is 691 g/mol. The number of nitrogens with one attached hydrogen (secondary N) is 3. The van der Waals surface area contributed by atoms with E-state index in [1.165, 1.54) is 0 Å². The number of likely N-dealkylation sites (N-methyl/N-ethyl adjacent to an activating group) is 1. The van der Waals surface area contributed by atoms with Crippen molar-refractivity contribution in [2.24, 2.45) is 16.6 Å². The van der Waals surface area contributed by atoms with Crippen molar-refractivity contribution < 1.29 is 53.2 Å². The molecular formula is C32H61N5O11. The fourth-order valence-corrected chi connectivity index (χ4v) is 4.15. The molecule has 16 nitrogen and oxygen atoms in total. The van der Waals surface area contributed by atoms with Gasteiger partial charge in [0.05, 0.1) is 32.8 Å². The van der Waals surface area contributed by atoms with Gasteiger partial charge in [0.2, 0.25) is 23.6 Å². The van der Waals surface area contributed by atoms with Crippen molar-refractivity contribution >= 4 is 35.6 Å². The molecule has 0 heterocycles. The van der Waals surface area contributed by atoms with Gasteiger partial charge in [-0.25, -0.2) is 4.79 Å².